The highest BCUT2D eigenvalue weighted by atomic mass is 16.6. The molecule has 1 aromatic heterocycles. The fraction of sp³-hybridized carbons (Fsp3) is 0.222. The number of para-hydroxylation sites is 1. The van der Waals surface area contributed by atoms with Crippen LogP contribution in [0.3, 0.4) is 0 Å². The minimum atomic E-state index is -0.402. The van der Waals surface area contributed by atoms with Crippen LogP contribution < -0.4 is 4.90 Å². The van der Waals surface area contributed by atoms with Crippen molar-refractivity contribution in [2.24, 2.45) is 0 Å². The molecule has 3 aromatic rings. The van der Waals surface area contributed by atoms with Crippen molar-refractivity contribution in [1.82, 2.24) is 9.97 Å². The SMILES string of the molecule is O=[N+]([O-])c1ccc(-c2nc(N3CCCC3)c3ccccc3n2)cc1. The minimum absolute atomic E-state index is 0.0688. The standard InChI is InChI=1S/C18H16N4O2/c23-22(24)14-9-7-13(8-10-14)17-19-16-6-2-1-5-15(16)18(20-17)21-11-3-4-12-21/h1-2,5-10H,3-4,11-12H2. The molecule has 0 unspecified atom stereocenters. The average Bonchev–Trinajstić information content (AvgIpc) is 3.15. The number of anilines is 1. The lowest BCUT2D eigenvalue weighted by molar-refractivity contribution is -0.384. The molecule has 2 aromatic carbocycles. The first-order chi connectivity index (χ1) is 11.7. The van der Waals surface area contributed by atoms with Crippen LogP contribution in [0.15, 0.2) is 48.5 Å². The smallest absolute Gasteiger partial charge is 0.269 e. The van der Waals surface area contributed by atoms with E-state index in [1.54, 1.807) is 12.1 Å². The van der Waals surface area contributed by atoms with Gasteiger partial charge in [0.1, 0.15) is 5.82 Å². The second-order valence-corrected chi connectivity index (χ2v) is 5.89. The summed E-state index contributed by atoms with van der Waals surface area (Å²) in [6.45, 7) is 2.00. The largest absolute Gasteiger partial charge is 0.356 e. The Kier molecular flexibility index (Phi) is 3.57. The molecule has 2 heterocycles. The monoisotopic (exact) mass is 320 g/mol. The zero-order valence-corrected chi connectivity index (χ0v) is 13.1. The molecule has 1 fully saturated rings. The highest BCUT2D eigenvalue weighted by Gasteiger charge is 2.18. The second-order valence-electron chi connectivity index (χ2n) is 5.89. The Morgan fingerprint density at radius 3 is 2.38 bits per heavy atom. The Balaban J connectivity index is 1.84. The summed E-state index contributed by atoms with van der Waals surface area (Å²) in [6.07, 6.45) is 2.34. The molecule has 24 heavy (non-hydrogen) atoms. The van der Waals surface area contributed by atoms with Gasteiger partial charge in [0, 0.05) is 36.2 Å². The summed E-state index contributed by atoms with van der Waals surface area (Å²) >= 11 is 0. The molecule has 6 nitrogen and oxygen atoms in total. The van der Waals surface area contributed by atoms with Gasteiger partial charge in [0.05, 0.1) is 10.4 Å². The highest BCUT2D eigenvalue weighted by molar-refractivity contribution is 5.91. The van der Waals surface area contributed by atoms with Crippen molar-refractivity contribution < 1.29 is 4.92 Å². The van der Waals surface area contributed by atoms with Gasteiger partial charge in [-0.1, -0.05) is 12.1 Å². The maximum Gasteiger partial charge on any atom is 0.269 e. The minimum Gasteiger partial charge on any atom is -0.356 e. The van der Waals surface area contributed by atoms with E-state index in [0.717, 1.165) is 35.4 Å². The molecule has 0 amide bonds. The van der Waals surface area contributed by atoms with Gasteiger partial charge in [0.15, 0.2) is 5.82 Å². The quantitative estimate of drug-likeness (QED) is 0.542. The summed E-state index contributed by atoms with van der Waals surface area (Å²) in [5, 5.41) is 11.9. The highest BCUT2D eigenvalue weighted by Crippen LogP contribution is 2.30. The summed E-state index contributed by atoms with van der Waals surface area (Å²) < 4.78 is 0. The summed E-state index contributed by atoms with van der Waals surface area (Å²) in [6, 6.07) is 14.4. The van der Waals surface area contributed by atoms with Gasteiger partial charge in [-0.15, -0.1) is 0 Å². The molecule has 1 aliphatic rings. The number of aromatic nitrogens is 2. The van der Waals surface area contributed by atoms with E-state index in [-0.39, 0.29) is 5.69 Å². The van der Waals surface area contributed by atoms with E-state index in [2.05, 4.69) is 9.88 Å². The van der Waals surface area contributed by atoms with Crippen LogP contribution in [-0.2, 0) is 0 Å². The van der Waals surface area contributed by atoms with Crippen molar-refractivity contribution in [3.8, 4) is 11.4 Å². The molecule has 0 N–H and O–H groups in total. The number of nitro benzene ring substituents is 1. The molecule has 1 aliphatic heterocycles. The molecule has 120 valence electrons. The van der Waals surface area contributed by atoms with E-state index < -0.39 is 4.92 Å². The van der Waals surface area contributed by atoms with Gasteiger partial charge in [0.25, 0.3) is 5.69 Å². The van der Waals surface area contributed by atoms with E-state index >= 15 is 0 Å². The van der Waals surface area contributed by atoms with E-state index in [1.165, 1.54) is 25.0 Å². The summed E-state index contributed by atoms with van der Waals surface area (Å²) in [4.78, 5) is 22.1. The lowest BCUT2D eigenvalue weighted by Crippen LogP contribution is -2.19. The van der Waals surface area contributed by atoms with Crippen LogP contribution in [0.25, 0.3) is 22.3 Å². The first kappa shape index (κ1) is 14.6. The first-order valence-electron chi connectivity index (χ1n) is 7.99. The van der Waals surface area contributed by atoms with Gasteiger partial charge in [0.2, 0.25) is 0 Å². The second kappa shape index (κ2) is 5.88. The normalized spacial score (nSPS) is 14.2. The molecule has 0 spiro atoms. The molecule has 4 rings (SSSR count). The van der Waals surface area contributed by atoms with E-state index in [0.29, 0.717) is 5.82 Å². The third-order valence-electron chi connectivity index (χ3n) is 4.33. The van der Waals surface area contributed by atoms with Gasteiger partial charge in [-0.3, -0.25) is 10.1 Å². The zero-order chi connectivity index (χ0) is 16.5. The molecule has 0 bridgehead atoms. The molecule has 0 saturated carbocycles. The molecule has 0 radical (unpaired) electrons. The first-order valence-corrected chi connectivity index (χ1v) is 7.99. The Hall–Kier alpha value is -3.02. The van der Waals surface area contributed by atoms with Gasteiger partial charge in [-0.25, -0.2) is 9.97 Å². The molecule has 0 aliphatic carbocycles. The van der Waals surface area contributed by atoms with Crippen molar-refractivity contribution >= 4 is 22.4 Å². The number of rotatable bonds is 3. The molecule has 1 saturated heterocycles. The fourth-order valence-corrected chi connectivity index (χ4v) is 3.09. The zero-order valence-electron chi connectivity index (χ0n) is 13.1. The van der Waals surface area contributed by atoms with Gasteiger partial charge in [-0.05, 0) is 37.1 Å². The van der Waals surface area contributed by atoms with Crippen LogP contribution in [0, 0.1) is 10.1 Å². The van der Waals surface area contributed by atoms with Crippen LogP contribution >= 0.6 is 0 Å². The Bertz CT molecular complexity index is 903. The Morgan fingerprint density at radius 1 is 0.958 bits per heavy atom. The van der Waals surface area contributed by atoms with Crippen LogP contribution in [0.2, 0.25) is 0 Å². The van der Waals surface area contributed by atoms with Crippen molar-refractivity contribution in [3.63, 3.8) is 0 Å². The molecule has 6 heteroatoms. The molecular weight excluding hydrogens is 304 g/mol. The third-order valence-corrected chi connectivity index (χ3v) is 4.33. The Morgan fingerprint density at radius 2 is 1.67 bits per heavy atom. The van der Waals surface area contributed by atoms with Crippen molar-refractivity contribution in [3.05, 3.63) is 58.6 Å². The van der Waals surface area contributed by atoms with Crippen LogP contribution in [0.5, 0.6) is 0 Å². The Labute approximate surface area is 138 Å². The van der Waals surface area contributed by atoms with E-state index in [4.69, 9.17) is 4.98 Å². The van der Waals surface area contributed by atoms with Crippen molar-refractivity contribution in [1.29, 1.82) is 0 Å². The number of benzene rings is 2. The lowest BCUT2D eigenvalue weighted by Gasteiger charge is -2.19. The van der Waals surface area contributed by atoms with Crippen LogP contribution in [-0.4, -0.2) is 28.0 Å². The van der Waals surface area contributed by atoms with Gasteiger partial charge < -0.3 is 4.90 Å². The summed E-state index contributed by atoms with van der Waals surface area (Å²) in [5.41, 5.74) is 1.74. The van der Waals surface area contributed by atoms with Crippen molar-refractivity contribution in [2.45, 2.75) is 12.8 Å². The van der Waals surface area contributed by atoms with Crippen LogP contribution in [0.1, 0.15) is 12.8 Å². The third kappa shape index (κ3) is 2.56. The predicted molar refractivity (Wildman–Crippen MR) is 93.1 cm³/mol. The van der Waals surface area contributed by atoms with E-state index in [1.807, 2.05) is 24.3 Å². The molecule has 0 atom stereocenters. The van der Waals surface area contributed by atoms with E-state index in [9.17, 15) is 10.1 Å². The van der Waals surface area contributed by atoms with Gasteiger partial charge in [-0.2, -0.15) is 0 Å². The number of hydrogen-bond acceptors (Lipinski definition) is 5. The summed E-state index contributed by atoms with van der Waals surface area (Å²) in [5.74, 6) is 1.55. The number of hydrogen-bond donors (Lipinski definition) is 0. The van der Waals surface area contributed by atoms with Gasteiger partial charge >= 0.3 is 0 Å². The fourth-order valence-electron chi connectivity index (χ4n) is 3.09. The van der Waals surface area contributed by atoms with Crippen LogP contribution in [0.4, 0.5) is 11.5 Å². The van der Waals surface area contributed by atoms with Crippen molar-refractivity contribution in [2.75, 3.05) is 18.0 Å². The predicted octanol–water partition coefficient (Wildman–Crippen LogP) is 3.81. The lowest BCUT2D eigenvalue weighted by atomic mass is 10.1. The summed E-state index contributed by atoms with van der Waals surface area (Å²) in [7, 11) is 0. The number of non-ortho nitro benzene ring substituents is 1. The number of fused-ring (bicyclic) bond motifs is 1. The average molecular weight is 320 g/mol. The maximum absolute atomic E-state index is 10.8. The molecular formula is C18H16N4O2. The topological polar surface area (TPSA) is 72.2 Å². The number of nitrogens with zero attached hydrogens (tertiary/aromatic N) is 4. The number of nitro groups is 1. The maximum atomic E-state index is 10.8.